The van der Waals surface area contributed by atoms with Crippen LogP contribution in [0.1, 0.15) is 67.5 Å². The van der Waals surface area contributed by atoms with Crippen LogP contribution in [-0.2, 0) is 14.0 Å². The fraction of sp³-hybridized carbons (Fsp3) is 0.778. The molecule has 2 saturated heterocycles. The summed E-state index contributed by atoms with van der Waals surface area (Å²) in [5.74, 6) is 0. The number of rotatable bonds is 2. The van der Waals surface area contributed by atoms with Crippen LogP contribution in [0.2, 0.25) is 0 Å². The zero-order valence-electron chi connectivity index (χ0n) is 16.9. The fourth-order valence-electron chi connectivity index (χ4n) is 3.17. The van der Waals surface area contributed by atoms with Crippen molar-refractivity contribution in [2.45, 2.75) is 84.3 Å². The molecular formula is C18H30BN3O4. The molecule has 144 valence electrons. The van der Waals surface area contributed by atoms with Gasteiger partial charge in [0.1, 0.15) is 11.8 Å². The Morgan fingerprint density at radius 3 is 2.46 bits per heavy atom. The molecule has 0 bridgehead atoms. The predicted octanol–water partition coefficient (Wildman–Crippen LogP) is 2.71. The van der Waals surface area contributed by atoms with Gasteiger partial charge in [-0.1, -0.05) is 0 Å². The summed E-state index contributed by atoms with van der Waals surface area (Å²) in [7, 11) is -0.502. The van der Waals surface area contributed by atoms with E-state index in [0.717, 1.165) is 18.4 Å². The molecule has 1 amide bonds. The lowest BCUT2D eigenvalue weighted by atomic mass is 9.85. The lowest BCUT2D eigenvalue weighted by Gasteiger charge is -2.32. The van der Waals surface area contributed by atoms with Gasteiger partial charge in [0.15, 0.2) is 0 Å². The van der Waals surface area contributed by atoms with E-state index in [1.165, 1.54) is 0 Å². The molecule has 1 aromatic rings. The van der Waals surface area contributed by atoms with Crippen molar-refractivity contribution in [1.82, 2.24) is 14.7 Å². The molecule has 2 aliphatic heterocycles. The highest BCUT2D eigenvalue weighted by molar-refractivity contribution is 6.61. The minimum Gasteiger partial charge on any atom is -0.444 e. The van der Waals surface area contributed by atoms with Gasteiger partial charge in [-0.3, -0.25) is 9.58 Å². The highest BCUT2D eigenvalue weighted by atomic mass is 16.7. The summed E-state index contributed by atoms with van der Waals surface area (Å²) in [6.45, 7) is 14.4. The molecule has 26 heavy (non-hydrogen) atoms. The van der Waals surface area contributed by atoms with E-state index in [4.69, 9.17) is 14.0 Å². The van der Waals surface area contributed by atoms with Crippen LogP contribution in [0.3, 0.4) is 0 Å². The summed E-state index contributed by atoms with van der Waals surface area (Å²) < 4.78 is 19.5. The third kappa shape index (κ3) is 3.62. The molecule has 0 aromatic carbocycles. The number of amides is 1. The van der Waals surface area contributed by atoms with Crippen molar-refractivity contribution in [1.29, 1.82) is 0 Å². The quantitative estimate of drug-likeness (QED) is 0.756. The van der Waals surface area contributed by atoms with Crippen molar-refractivity contribution in [2.75, 3.05) is 6.54 Å². The van der Waals surface area contributed by atoms with Crippen LogP contribution in [0.5, 0.6) is 0 Å². The zero-order chi connectivity index (χ0) is 19.3. The van der Waals surface area contributed by atoms with Crippen LogP contribution in [-0.4, -0.2) is 51.2 Å². The molecule has 1 atom stereocenters. The standard InChI is InChI=1S/C18H30BN3O4/c1-16(2,3)24-15(23)21-11-8-9-14(21)22-12-10-13(20-22)19-25-17(4,5)18(6,7)26-19/h10,12,14H,8-9,11H2,1-7H3. The summed E-state index contributed by atoms with van der Waals surface area (Å²) in [5, 5.41) is 4.65. The molecule has 0 saturated carbocycles. The molecule has 1 aromatic heterocycles. The second-order valence-corrected chi connectivity index (χ2v) is 9.11. The Labute approximate surface area is 156 Å². The molecule has 8 heteroatoms. The van der Waals surface area contributed by atoms with E-state index < -0.39 is 23.9 Å². The van der Waals surface area contributed by atoms with Gasteiger partial charge in [0.2, 0.25) is 0 Å². The molecule has 3 rings (SSSR count). The van der Waals surface area contributed by atoms with Gasteiger partial charge in [0.25, 0.3) is 0 Å². The van der Waals surface area contributed by atoms with E-state index in [1.807, 2.05) is 65.4 Å². The third-order valence-corrected chi connectivity index (χ3v) is 5.28. The van der Waals surface area contributed by atoms with Crippen LogP contribution in [0.25, 0.3) is 0 Å². The number of carbonyl (C=O) groups excluding carboxylic acids is 1. The molecular weight excluding hydrogens is 333 g/mol. The van der Waals surface area contributed by atoms with Gasteiger partial charge in [0.05, 0.1) is 16.8 Å². The smallest absolute Gasteiger partial charge is 0.444 e. The van der Waals surface area contributed by atoms with Crippen molar-refractivity contribution in [3.05, 3.63) is 12.3 Å². The van der Waals surface area contributed by atoms with E-state index in [-0.39, 0.29) is 12.3 Å². The lowest BCUT2D eigenvalue weighted by molar-refractivity contribution is 0.00578. The van der Waals surface area contributed by atoms with E-state index in [9.17, 15) is 4.79 Å². The van der Waals surface area contributed by atoms with Gasteiger partial charge in [-0.25, -0.2) is 4.79 Å². The van der Waals surface area contributed by atoms with Gasteiger partial charge in [-0.15, -0.1) is 0 Å². The van der Waals surface area contributed by atoms with Gasteiger partial charge in [-0.2, -0.15) is 5.10 Å². The van der Waals surface area contributed by atoms with Crippen LogP contribution >= 0.6 is 0 Å². The Kier molecular flexibility index (Phi) is 4.64. The fourth-order valence-corrected chi connectivity index (χ4v) is 3.17. The number of nitrogens with zero attached hydrogens (tertiary/aromatic N) is 3. The summed E-state index contributed by atoms with van der Waals surface area (Å²) in [6.07, 6.45) is 3.22. The van der Waals surface area contributed by atoms with E-state index in [2.05, 4.69) is 5.10 Å². The highest BCUT2D eigenvalue weighted by Gasteiger charge is 2.52. The number of hydrogen-bond donors (Lipinski definition) is 0. The topological polar surface area (TPSA) is 65.8 Å². The summed E-state index contributed by atoms with van der Waals surface area (Å²) in [4.78, 5) is 14.2. The number of aromatic nitrogens is 2. The monoisotopic (exact) mass is 363 g/mol. The van der Waals surface area contributed by atoms with Gasteiger partial charge in [-0.05, 0) is 67.4 Å². The molecule has 7 nitrogen and oxygen atoms in total. The maximum Gasteiger partial charge on any atom is 0.516 e. The van der Waals surface area contributed by atoms with Crippen LogP contribution < -0.4 is 5.59 Å². The zero-order valence-corrected chi connectivity index (χ0v) is 16.9. The maximum atomic E-state index is 12.5. The first-order valence-corrected chi connectivity index (χ1v) is 9.30. The van der Waals surface area contributed by atoms with Crippen molar-refractivity contribution in [3.63, 3.8) is 0 Å². The van der Waals surface area contributed by atoms with Crippen molar-refractivity contribution < 1.29 is 18.8 Å². The first kappa shape index (κ1) is 19.2. The second-order valence-electron chi connectivity index (χ2n) is 9.11. The summed E-state index contributed by atoms with van der Waals surface area (Å²) >= 11 is 0. The SMILES string of the molecule is CC(C)(C)OC(=O)N1CCCC1n1ccc(B2OC(C)(C)C(C)(C)O2)n1. The molecule has 3 heterocycles. The number of carbonyl (C=O) groups is 1. The normalized spacial score (nSPS) is 25.0. The second kappa shape index (κ2) is 6.27. The Morgan fingerprint density at radius 1 is 1.27 bits per heavy atom. The molecule has 1 unspecified atom stereocenters. The van der Waals surface area contributed by atoms with Gasteiger partial charge >= 0.3 is 13.2 Å². The Morgan fingerprint density at radius 2 is 1.88 bits per heavy atom. The molecule has 0 aliphatic carbocycles. The minimum atomic E-state index is -0.512. The number of hydrogen-bond acceptors (Lipinski definition) is 5. The largest absolute Gasteiger partial charge is 0.516 e. The van der Waals surface area contributed by atoms with Crippen molar-refractivity contribution in [2.24, 2.45) is 0 Å². The van der Waals surface area contributed by atoms with E-state index >= 15 is 0 Å². The average molecular weight is 363 g/mol. The highest BCUT2D eigenvalue weighted by Crippen LogP contribution is 2.36. The first-order valence-electron chi connectivity index (χ1n) is 9.30. The molecule has 2 aliphatic rings. The van der Waals surface area contributed by atoms with Gasteiger partial charge < -0.3 is 14.0 Å². The van der Waals surface area contributed by atoms with Crippen molar-refractivity contribution >= 4 is 18.8 Å². The third-order valence-electron chi connectivity index (χ3n) is 5.28. The maximum absolute atomic E-state index is 12.5. The lowest BCUT2D eigenvalue weighted by Crippen LogP contribution is -2.41. The minimum absolute atomic E-state index is 0.138. The molecule has 0 spiro atoms. The average Bonchev–Trinajstić information content (AvgIpc) is 3.16. The van der Waals surface area contributed by atoms with E-state index in [0.29, 0.717) is 6.54 Å². The van der Waals surface area contributed by atoms with Crippen LogP contribution in [0.4, 0.5) is 4.79 Å². The van der Waals surface area contributed by atoms with E-state index in [1.54, 1.807) is 4.90 Å². The molecule has 2 fully saturated rings. The first-order chi connectivity index (χ1) is 11.9. The van der Waals surface area contributed by atoms with Crippen LogP contribution in [0.15, 0.2) is 12.3 Å². The predicted molar refractivity (Wildman–Crippen MR) is 99.2 cm³/mol. The molecule has 0 N–H and O–H groups in total. The Hall–Kier alpha value is -1.54. The Balaban J connectivity index is 1.74. The molecule has 0 radical (unpaired) electrons. The Bertz CT molecular complexity index is 664. The number of ether oxygens (including phenoxy) is 1. The van der Waals surface area contributed by atoms with Gasteiger partial charge in [0, 0.05) is 12.7 Å². The summed E-state index contributed by atoms with van der Waals surface area (Å²) in [5.41, 5.74) is -0.601. The van der Waals surface area contributed by atoms with Crippen LogP contribution in [0, 0.1) is 0 Å². The summed E-state index contributed by atoms with van der Waals surface area (Å²) in [6, 6.07) is 1.90. The van der Waals surface area contributed by atoms with Crippen molar-refractivity contribution in [3.8, 4) is 0 Å². The number of likely N-dealkylation sites (tertiary alicyclic amines) is 1.